The van der Waals surface area contributed by atoms with Gasteiger partial charge < -0.3 is 10.1 Å². The van der Waals surface area contributed by atoms with Crippen molar-refractivity contribution in [2.24, 2.45) is 0 Å². The molecular formula is C12H8ClN3O2. The molecule has 5 nitrogen and oxygen atoms in total. The predicted molar refractivity (Wildman–Crippen MR) is 65.9 cm³/mol. The highest BCUT2D eigenvalue weighted by molar-refractivity contribution is 6.28. The van der Waals surface area contributed by atoms with Gasteiger partial charge in [-0.25, -0.2) is 9.78 Å². The summed E-state index contributed by atoms with van der Waals surface area (Å²) in [7, 11) is 0. The third-order valence-electron chi connectivity index (χ3n) is 2.56. The molecule has 0 atom stereocenters. The molecule has 0 radical (unpaired) electrons. The second-order valence-corrected chi connectivity index (χ2v) is 4.07. The molecule has 2 aromatic rings. The Morgan fingerprint density at radius 1 is 1.22 bits per heavy atom. The SMILES string of the molecule is O=C1OCc2c(Nc3ccccc3)nc(Cl)nc21. The minimum atomic E-state index is -0.467. The van der Waals surface area contributed by atoms with Crippen LogP contribution in [-0.2, 0) is 11.3 Å². The van der Waals surface area contributed by atoms with Gasteiger partial charge >= 0.3 is 5.97 Å². The zero-order valence-electron chi connectivity index (χ0n) is 9.18. The second kappa shape index (κ2) is 4.27. The van der Waals surface area contributed by atoms with Gasteiger partial charge in [0.25, 0.3) is 0 Å². The van der Waals surface area contributed by atoms with Gasteiger partial charge in [-0.15, -0.1) is 0 Å². The molecule has 3 rings (SSSR count). The van der Waals surface area contributed by atoms with E-state index < -0.39 is 5.97 Å². The summed E-state index contributed by atoms with van der Waals surface area (Å²) in [5.41, 5.74) is 1.72. The van der Waals surface area contributed by atoms with Crippen molar-refractivity contribution >= 4 is 29.1 Å². The smallest absolute Gasteiger partial charge is 0.357 e. The van der Waals surface area contributed by atoms with Crippen molar-refractivity contribution in [2.75, 3.05) is 5.32 Å². The van der Waals surface area contributed by atoms with Crippen molar-refractivity contribution in [3.8, 4) is 0 Å². The van der Waals surface area contributed by atoms with Crippen LogP contribution in [0.4, 0.5) is 11.5 Å². The van der Waals surface area contributed by atoms with E-state index in [0.29, 0.717) is 11.4 Å². The van der Waals surface area contributed by atoms with Crippen LogP contribution in [-0.4, -0.2) is 15.9 Å². The molecule has 1 aliphatic heterocycles. The molecule has 0 unspecified atom stereocenters. The zero-order chi connectivity index (χ0) is 12.5. The number of nitrogens with zero attached hydrogens (tertiary/aromatic N) is 2. The Kier molecular flexibility index (Phi) is 2.60. The lowest BCUT2D eigenvalue weighted by Gasteiger charge is -2.08. The number of esters is 1. The van der Waals surface area contributed by atoms with Crippen molar-refractivity contribution in [2.45, 2.75) is 6.61 Å². The number of para-hydroxylation sites is 1. The number of hydrogen-bond donors (Lipinski definition) is 1. The van der Waals surface area contributed by atoms with Gasteiger partial charge in [0.05, 0.1) is 5.56 Å². The van der Waals surface area contributed by atoms with Gasteiger partial charge in [-0.05, 0) is 23.7 Å². The molecule has 0 saturated carbocycles. The van der Waals surface area contributed by atoms with E-state index in [1.54, 1.807) is 0 Å². The summed E-state index contributed by atoms with van der Waals surface area (Å²) in [6, 6.07) is 9.48. The maximum Gasteiger partial charge on any atom is 0.357 e. The van der Waals surface area contributed by atoms with Gasteiger partial charge in [-0.3, -0.25) is 0 Å². The average molecular weight is 262 g/mol. The molecular weight excluding hydrogens is 254 g/mol. The largest absolute Gasteiger partial charge is 0.456 e. The Labute approximate surface area is 108 Å². The van der Waals surface area contributed by atoms with Gasteiger partial charge in [-0.2, -0.15) is 4.98 Å². The van der Waals surface area contributed by atoms with Crippen molar-refractivity contribution in [3.05, 3.63) is 46.9 Å². The molecule has 0 aliphatic carbocycles. The van der Waals surface area contributed by atoms with Crippen LogP contribution < -0.4 is 5.32 Å². The van der Waals surface area contributed by atoms with Crippen LogP contribution in [0.2, 0.25) is 5.28 Å². The summed E-state index contributed by atoms with van der Waals surface area (Å²) in [6.07, 6.45) is 0. The Balaban J connectivity index is 2.03. The molecule has 18 heavy (non-hydrogen) atoms. The van der Waals surface area contributed by atoms with Gasteiger partial charge in [0.1, 0.15) is 12.4 Å². The molecule has 90 valence electrons. The van der Waals surface area contributed by atoms with Gasteiger partial charge in [-0.1, -0.05) is 18.2 Å². The summed E-state index contributed by atoms with van der Waals surface area (Å²) in [5.74, 6) is 0.0347. The van der Waals surface area contributed by atoms with Crippen LogP contribution in [0.5, 0.6) is 0 Å². The highest BCUT2D eigenvalue weighted by Crippen LogP contribution is 2.28. The first-order chi connectivity index (χ1) is 8.74. The molecule has 1 aromatic carbocycles. The van der Waals surface area contributed by atoms with E-state index in [4.69, 9.17) is 16.3 Å². The van der Waals surface area contributed by atoms with Crippen LogP contribution in [0.1, 0.15) is 16.1 Å². The van der Waals surface area contributed by atoms with Crippen molar-refractivity contribution in [1.29, 1.82) is 0 Å². The van der Waals surface area contributed by atoms with Gasteiger partial charge in [0, 0.05) is 5.69 Å². The molecule has 6 heteroatoms. The first-order valence-corrected chi connectivity index (χ1v) is 5.67. The molecule has 0 saturated heterocycles. The number of carbonyl (C=O) groups excluding carboxylic acids is 1. The van der Waals surface area contributed by atoms with Crippen molar-refractivity contribution < 1.29 is 9.53 Å². The number of fused-ring (bicyclic) bond motifs is 1. The lowest BCUT2D eigenvalue weighted by Crippen LogP contribution is -2.03. The summed E-state index contributed by atoms with van der Waals surface area (Å²) in [6.45, 7) is 0.167. The Hall–Kier alpha value is -2.14. The lowest BCUT2D eigenvalue weighted by molar-refractivity contribution is 0.0531. The maximum absolute atomic E-state index is 11.4. The maximum atomic E-state index is 11.4. The first-order valence-electron chi connectivity index (χ1n) is 5.29. The van der Waals surface area contributed by atoms with Crippen LogP contribution in [0.25, 0.3) is 0 Å². The Morgan fingerprint density at radius 2 is 2.00 bits per heavy atom. The fraction of sp³-hybridized carbons (Fsp3) is 0.0833. The number of rotatable bonds is 2. The number of anilines is 2. The summed E-state index contributed by atoms with van der Waals surface area (Å²) in [5, 5.41) is 3.12. The molecule has 0 amide bonds. The van der Waals surface area contributed by atoms with E-state index in [1.165, 1.54) is 0 Å². The van der Waals surface area contributed by atoms with E-state index in [9.17, 15) is 4.79 Å². The number of carbonyl (C=O) groups is 1. The third kappa shape index (κ3) is 1.89. The standard InChI is InChI=1S/C12H8ClN3O2/c13-12-15-9-8(6-18-11(9)17)10(16-12)14-7-4-2-1-3-5-7/h1-5H,6H2,(H,14,15,16). The minimum absolute atomic E-state index is 0.0195. The summed E-state index contributed by atoms with van der Waals surface area (Å²) in [4.78, 5) is 19.4. The van der Waals surface area contributed by atoms with Crippen LogP contribution in [0, 0.1) is 0 Å². The summed E-state index contributed by atoms with van der Waals surface area (Å²) < 4.78 is 4.92. The number of cyclic esters (lactones) is 1. The molecule has 0 spiro atoms. The van der Waals surface area contributed by atoms with Crippen LogP contribution in [0.3, 0.4) is 0 Å². The number of nitrogens with one attached hydrogen (secondary N) is 1. The Bertz CT molecular complexity index is 616. The zero-order valence-corrected chi connectivity index (χ0v) is 9.94. The highest BCUT2D eigenvalue weighted by atomic mass is 35.5. The van der Waals surface area contributed by atoms with E-state index in [1.807, 2.05) is 30.3 Å². The topological polar surface area (TPSA) is 64.1 Å². The quantitative estimate of drug-likeness (QED) is 0.665. The van der Waals surface area contributed by atoms with E-state index in [2.05, 4.69) is 15.3 Å². The molecule has 0 bridgehead atoms. The molecule has 1 aliphatic rings. The fourth-order valence-electron chi connectivity index (χ4n) is 1.73. The summed E-state index contributed by atoms with van der Waals surface area (Å²) >= 11 is 5.79. The van der Waals surface area contributed by atoms with Gasteiger partial charge in [0.2, 0.25) is 5.28 Å². The third-order valence-corrected chi connectivity index (χ3v) is 2.73. The fourth-order valence-corrected chi connectivity index (χ4v) is 1.90. The van der Waals surface area contributed by atoms with Crippen molar-refractivity contribution in [3.63, 3.8) is 0 Å². The lowest BCUT2D eigenvalue weighted by atomic mass is 10.2. The van der Waals surface area contributed by atoms with E-state index in [0.717, 1.165) is 5.69 Å². The monoisotopic (exact) mass is 261 g/mol. The molecule has 0 fully saturated rings. The minimum Gasteiger partial charge on any atom is -0.456 e. The normalized spacial score (nSPS) is 13.1. The Morgan fingerprint density at radius 3 is 2.78 bits per heavy atom. The number of aromatic nitrogens is 2. The first kappa shape index (κ1) is 11.0. The number of hydrogen-bond acceptors (Lipinski definition) is 5. The molecule has 1 aromatic heterocycles. The van der Waals surface area contributed by atoms with Crippen LogP contribution >= 0.6 is 11.6 Å². The molecule has 2 heterocycles. The predicted octanol–water partition coefficient (Wildman–Crippen LogP) is 2.54. The van der Waals surface area contributed by atoms with E-state index in [-0.39, 0.29) is 17.6 Å². The number of halogens is 1. The van der Waals surface area contributed by atoms with Crippen molar-refractivity contribution in [1.82, 2.24) is 9.97 Å². The van der Waals surface area contributed by atoms with E-state index >= 15 is 0 Å². The highest BCUT2D eigenvalue weighted by Gasteiger charge is 2.27. The second-order valence-electron chi connectivity index (χ2n) is 3.74. The molecule has 1 N–H and O–H groups in total. The van der Waals surface area contributed by atoms with Crippen LogP contribution in [0.15, 0.2) is 30.3 Å². The number of benzene rings is 1. The average Bonchev–Trinajstić information content (AvgIpc) is 2.73. The number of ether oxygens (including phenoxy) is 1. The van der Waals surface area contributed by atoms with Gasteiger partial charge in [0.15, 0.2) is 5.69 Å².